The standard InChI is InChI=1S/C42H52O6/c1-26(17-18-34(30-13-9-7-10-14-30)31-15-11-8-12-16-31)35-19-20-36-40-37(25-39(42(35,36)6)48-29(4)45)41(5)22-21-33(46-27(2)43)23-32(41)24-38(40)47-28(3)44/h7-18,32-33,35-40H,19-25H2,1-6H3/t32-,33+,35+,36-,37-,38+,39-,40-,41-,42+/m0/s1. The van der Waals surface area contributed by atoms with Crippen molar-refractivity contribution in [1.82, 2.24) is 0 Å². The molecule has 0 amide bonds. The van der Waals surface area contributed by atoms with E-state index in [4.69, 9.17) is 14.2 Å². The summed E-state index contributed by atoms with van der Waals surface area (Å²) in [5.74, 6) is 0.363. The first kappa shape index (κ1) is 34.2. The van der Waals surface area contributed by atoms with Crippen LogP contribution in [0.5, 0.6) is 0 Å². The minimum atomic E-state index is -0.308. The Morgan fingerprint density at radius 3 is 1.88 bits per heavy atom. The van der Waals surface area contributed by atoms with Gasteiger partial charge in [-0.2, -0.15) is 0 Å². The van der Waals surface area contributed by atoms with Crippen molar-refractivity contribution in [3.8, 4) is 0 Å². The molecule has 6 rings (SSSR count). The lowest BCUT2D eigenvalue weighted by molar-refractivity contribution is -0.221. The van der Waals surface area contributed by atoms with Gasteiger partial charge in [0.05, 0.1) is 0 Å². The van der Waals surface area contributed by atoms with E-state index in [0.29, 0.717) is 0 Å². The number of benzene rings is 2. The van der Waals surface area contributed by atoms with Crippen LogP contribution in [-0.2, 0) is 28.6 Å². The molecule has 2 aromatic rings. The van der Waals surface area contributed by atoms with Crippen LogP contribution in [0.2, 0.25) is 0 Å². The highest BCUT2D eigenvalue weighted by Gasteiger charge is 2.67. The molecular formula is C42H52O6. The molecule has 0 saturated heterocycles. The first-order valence-electron chi connectivity index (χ1n) is 17.9. The van der Waals surface area contributed by atoms with Crippen LogP contribution in [0.25, 0.3) is 5.57 Å². The number of hydrogen-bond acceptors (Lipinski definition) is 6. The topological polar surface area (TPSA) is 78.9 Å². The van der Waals surface area contributed by atoms with Crippen LogP contribution >= 0.6 is 0 Å². The zero-order valence-electron chi connectivity index (χ0n) is 29.4. The van der Waals surface area contributed by atoms with Crippen LogP contribution in [0.4, 0.5) is 0 Å². The molecule has 4 fully saturated rings. The zero-order chi connectivity index (χ0) is 34.2. The summed E-state index contributed by atoms with van der Waals surface area (Å²) in [5.41, 5.74) is 4.45. The zero-order valence-corrected chi connectivity index (χ0v) is 29.4. The molecule has 0 heterocycles. The largest absolute Gasteiger partial charge is 0.463 e. The number of ether oxygens (including phenoxy) is 3. The second-order valence-electron chi connectivity index (χ2n) is 15.4. The number of carbonyl (C=O) groups excluding carboxylic acids is 3. The molecule has 48 heavy (non-hydrogen) atoms. The van der Waals surface area contributed by atoms with E-state index < -0.39 is 0 Å². The third-order valence-electron chi connectivity index (χ3n) is 12.9. The van der Waals surface area contributed by atoms with Gasteiger partial charge in [0.25, 0.3) is 0 Å². The first-order chi connectivity index (χ1) is 22.9. The fourth-order valence-electron chi connectivity index (χ4n) is 10.8. The average Bonchev–Trinajstić information content (AvgIpc) is 3.40. The summed E-state index contributed by atoms with van der Waals surface area (Å²) in [6.45, 7) is 11.5. The normalized spacial score (nSPS) is 35.7. The van der Waals surface area contributed by atoms with Gasteiger partial charge in [0.15, 0.2) is 0 Å². The van der Waals surface area contributed by atoms with Gasteiger partial charge in [0, 0.05) is 32.1 Å². The summed E-state index contributed by atoms with van der Waals surface area (Å²) in [5, 5.41) is 0. The highest BCUT2D eigenvalue weighted by molar-refractivity contribution is 5.80. The summed E-state index contributed by atoms with van der Waals surface area (Å²) in [4.78, 5) is 37.2. The molecular weight excluding hydrogens is 600 g/mol. The van der Waals surface area contributed by atoms with E-state index in [1.54, 1.807) is 0 Å². The Hall–Kier alpha value is -3.67. The molecule has 0 radical (unpaired) electrons. The quantitative estimate of drug-likeness (QED) is 0.169. The number of hydrogen-bond donors (Lipinski definition) is 0. The van der Waals surface area contributed by atoms with E-state index in [-0.39, 0.29) is 76.6 Å². The maximum Gasteiger partial charge on any atom is 0.302 e. The Morgan fingerprint density at radius 1 is 0.688 bits per heavy atom. The van der Waals surface area contributed by atoms with Crippen LogP contribution in [-0.4, -0.2) is 36.2 Å². The van der Waals surface area contributed by atoms with Gasteiger partial charge >= 0.3 is 17.9 Å². The lowest BCUT2D eigenvalue weighted by atomic mass is 9.43. The van der Waals surface area contributed by atoms with Crippen LogP contribution in [0, 0.1) is 40.4 Å². The van der Waals surface area contributed by atoms with Gasteiger partial charge in [0.2, 0.25) is 0 Å². The molecule has 2 aromatic carbocycles. The monoisotopic (exact) mass is 652 g/mol. The third-order valence-corrected chi connectivity index (χ3v) is 12.9. The first-order valence-corrected chi connectivity index (χ1v) is 17.9. The fraction of sp³-hybridized carbons (Fsp3) is 0.548. The van der Waals surface area contributed by atoms with E-state index in [2.05, 4.69) is 81.5 Å². The van der Waals surface area contributed by atoms with Gasteiger partial charge in [-0.1, -0.05) is 92.2 Å². The average molecular weight is 653 g/mol. The van der Waals surface area contributed by atoms with Crippen LogP contribution in [0.1, 0.15) is 97.6 Å². The summed E-state index contributed by atoms with van der Waals surface area (Å²) in [7, 11) is 0. The number of carbonyl (C=O) groups is 3. The Balaban J connectivity index is 1.38. The van der Waals surface area contributed by atoms with E-state index in [9.17, 15) is 14.4 Å². The molecule has 256 valence electrons. The molecule has 4 aliphatic carbocycles. The molecule has 4 saturated carbocycles. The fourth-order valence-corrected chi connectivity index (χ4v) is 10.8. The maximum absolute atomic E-state index is 12.8. The van der Waals surface area contributed by atoms with Crippen molar-refractivity contribution in [3.63, 3.8) is 0 Å². The Kier molecular flexibility index (Phi) is 9.75. The second kappa shape index (κ2) is 13.7. The van der Waals surface area contributed by atoms with Crippen LogP contribution in [0.3, 0.4) is 0 Å². The van der Waals surface area contributed by atoms with Gasteiger partial charge in [-0.05, 0) is 97.7 Å². The van der Waals surface area contributed by atoms with Crippen LogP contribution in [0.15, 0.2) is 78.4 Å². The number of allylic oxidation sites excluding steroid dienone is 3. The Morgan fingerprint density at radius 2 is 1.29 bits per heavy atom. The van der Waals surface area contributed by atoms with Gasteiger partial charge in [-0.3, -0.25) is 14.4 Å². The van der Waals surface area contributed by atoms with E-state index in [1.165, 1.54) is 43.0 Å². The lowest BCUT2D eigenvalue weighted by Crippen LogP contribution is -2.63. The molecule has 10 atom stereocenters. The van der Waals surface area contributed by atoms with Gasteiger partial charge in [0.1, 0.15) is 18.3 Å². The third kappa shape index (κ3) is 6.40. The van der Waals surface area contributed by atoms with Gasteiger partial charge in [-0.15, -0.1) is 0 Å². The second-order valence-corrected chi connectivity index (χ2v) is 15.4. The Labute approximate surface area is 286 Å². The highest BCUT2D eigenvalue weighted by atomic mass is 16.6. The summed E-state index contributed by atoms with van der Waals surface area (Å²) < 4.78 is 18.3. The van der Waals surface area contributed by atoms with Crippen molar-refractivity contribution in [1.29, 1.82) is 0 Å². The molecule has 0 spiro atoms. The van der Waals surface area contributed by atoms with E-state index in [0.717, 1.165) is 44.9 Å². The summed E-state index contributed by atoms with van der Waals surface area (Å²) >= 11 is 0. The van der Waals surface area contributed by atoms with Gasteiger partial charge in [-0.25, -0.2) is 0 Å². The van der Waals surface area contributed by atoms with Crippen LogP contribution < -0.4 is 0 Å². The maximum atomic E-state index is 12.8. The molecule has 4 aliphatic rings. The molecule has 6 nitrogen and oxygen atoms in total. The number of fused-ring (bicyclic) bond motifs is 5. The molecule has 0 unspecified atom stereocenters. The predicted molar refractivity (Wildman–Crippen MR) is 186 cm³/mol. The lowest BCUT2D eigenvalue weighted by Gasteiger charge is -2.64. The van der Waals surface area contributed by atoms with Crippen molar-refractivity contribution >= 4 is 23.5 Å². The summed E-state index contributed by atoms with van der Waals surface area (Å²) in [6.07, 6.45) is 10.0. The smallest absolute Gasteiger partial charge is 0.302 e. The van der Waals surface area contributed by atoms with Crippen molar-refractivity contribution in [2.24, 2.45) is 40.4 Å². The molecule has 6 heteroatoms. The summed E-state index contributed by atoms with van der Waals surface area (Å²) in [6, 6.07) is 21.0. The van der Waals surface area contributed by atoms with Crippen molar-refractivity contribution in [2.75, 3.05) is 0 Å². The number of rotatable bonds is 7. The molecule has 0 bridgehead atoms. The van der Waals surface area contributed by atoms with Crippen molar-refractivity contribution in [3.05, 3.63) is 89.5 Å². The highest BCUT2D eigenvalue weighted by Crippen LogP contribution is 2.69. The molecule has 0 aliphatic heterocycles. The van der Waals surface area contributed by atoms with E-state index >= 15 is 0 Å². The number of esters is 3. The molecule has 0 N–H and O–H groups in total. The predicted octanol–water partition coefficient (Wildman–Crippen LogP) is 8.74. The van der Waals surface area contributed by atoms with E-state index in [1.807, 2.05) is 12.1 Å². The minimum absolute atomic E-state index is 0.0241. The SMILES string of the molecule is CC(=O)O[C@@H]1CC[C@@]2(C)[C@@H](C1)C[C@@H](OC(C)=O)[C@@H]1[C@@H]2C[C@H](OC(C)=O)[C@]2(C)[C@@H](C(C)=CC=C(c3ccccc3)c3ccccc3)CC[C@@H]12. The minimum Gasteiger partial charge on any atom is -0.463 e. The van der Waals surface area contributed by atoms with Crippen molar-refractivity contribution < 1.29 is 28.6 Å². The molecule has 0 aromatic heterocycles. The van der Waals surface area contributed by atoms with Crippen molar-refractivity contribution in [2.45, 2.75) is 105 Å². The van der Waals surface area contributed by atoms with Gasteiger partial charge < -0.3 is 14.2 Å². The Bertz CT molecular complexity index is 1520.